The van der Waals surface area contributed by atoms with Crippen molar-refractivity contribution >= 4 is 29.2 Å². The van der Waals surface area contributed by atoms with Crippen molar-refractivity contribution in [1.82, 2.24) is 9.78 Å². The molecule has 1 unspecified atom stereocenters. The number of carbonyl (C=O) groups is 1. The van der Waals surface area contributed by atoms with E-state index in [4.69, 9.17) is 0 Å². The summed E-state index contributed by atoms with van der Waals surface area (Å²) in [6.07, 6.45) is 2.77. The molecule has 5 nitrogen and oxygen atoms in total. The number of aromatic nitrogens is 2. The molecule has 2 N–H and O–H groups in total. The third-order valence-corrected chi connectivity index (χ3v) is 4.75. The molecule has 0 aliphatic carbocycles. The van der Waals surface area contributed by atoms with Crippen molar-refractivity contribution in [2.75, 3.05) is 17.2 Å². The van der Waals surface area contributed by atoms with Crippen molar-refractivity contribution in [2.24, 2.45) is 0 Å². The number of hydrogen-bond donors (Lipinski definition) is 2. The standard InChI is InChI=1S/C16H20N4OS/c1-11-4-6-13(7-5-11)22-12(2)16(21)19-14-10-18-20-9-3-8-17-15(14)20/h4-7,10,12,17H,3,8-9H2,1-2H3,(H,19,21). The molecule has 1 aromatic carbocycles. The zero-order chi connectivity index (χ0) is 15.5. The van der Waals surface area contributed by atoms with Crippen LogP contribution in [0, 0.1) is 6.92 Å². The Balaban J connectivity index is 1.64. The first-order valence-electron chi connectivity index (χ1n) is 7.47. The molecule has 2 aromatic rings. The number of nitrogens with one attached hydrogen (secondary N) is 2. The molecule has 6 heteroatoms. The van der Waals surface area contributed by atoms with Gasteiger partial charge in [0.1, 0.15) is 11.5 Å². The smallest absolute Gasteiger partial charge is 0.237 e. The first-order valence-corrected chi connectivity index (χ1v) is 8.35. The summed E-state index contributed by atoms with van der Waals surface area (Å²) in [4.78, 5) is 13.5. The summed E-state index contributed by atoms with van der Waals surface area (Å²) < 4.78 is 1.90. The summed E-state index contributed by atoms with van der Waals surface area (Å²) >= 11 is 1.56. The van der Waals surface area contributed by atoms with E-state index in [9.17, 15) is 4.79 Å². The second-order valence-corrected chi connectivity index (χ2v) is 6.89. The van der Waals surface area contributed by atoms with Crippen LogP contribution in [-0.2, 0) is 11.3 Å². The minimum absolute atomic E-state index is 0.00579. The summed E-state index contributed by atoms with van der Waals surface area (Å²) in [7, 11) is 0. The van der Waals surface area contributed by atoms with Crippen molar-refractivity contribution in [3.05, 3.63) is 36.0 Å². The molecule has 0 radical (unpaired) electrons. The van der Waals surface area contributed by atoms with E-state index in [1.54, 1.807) is 18.0 Å². The van der Waals surface area contributed by atoms with Crippen LogP contribution in [0.5, 0.6) is 0 Å². The van der Waals surface area contributed by atoms with Crippen LogP contribution < -0.4 is 10.6 Å². The lowest BCUT2D eigenvalue weighted by Gasteiger charge is -2.18. The Labute approximate surface area is 134 Å². The fourth-order valence-electron chi connectivity index (χ4n) is 2.38. The number of benzene rings is 1. The summed E-state index contributed by atoms with van der Waals surface area (Å²) in [5.74, 6) is 0.904. The molecule has 1 aromatic heterocycles. The van der Waals surface area contributed by atoms with Gasteiger partial charge in [0, 0.05) is 18.0 Å². The van der Waals surface area contributed by atoms with Crippen molar-refractivity contribution in [1.29, 1.82) is 0 Å². The van der Waals surface area contributed by atoms with Gasteiger partial charge in [-0.2, -0.15) is 5.10 Å². The summed E-state index contributed by atoms with van der Waals surface area (Å²) in [5, 5.41) is 10.4. The molecule has 1 aliphatic rings. The van der Waals surface area contributed by atoms with Crippen molar-refractivity contribution < 1.29 is 4.79 Å². The first kappa shape index (κ1) is 15.0. The molecule has 1 atom stereocenters. The van der Waals surface area contributed by atoms with E-state index in [2.05, 4.69) is 34.8 Å². The topological polar surface area (TPSA) is 59.0 Å². The van der Waals surface area contributed by atoms with Gasteiger partial charge in [-0.15, -0.1) is 11.8 Å². The van der Waals surface area contributed by atoms with Crippen molar-refractivity contribution in [2.45, 2.75) is 37.0 Å². The van der Waals surface area contributed by atoms with E-state index in [0.717, 1.165) is 35.9 Å². The van der Waals surface area contributed by atoms with Crippen LogP contribution >= 0.6 is 11.8 Å². The van der Waals surface area contributed by atoms with Crippen LogP contribution in [0.2, 0.25) is 0 Å². The van der Waals surface area contributed by atoms with Gasteiger partial charge in [-0.3, -0.25) is 4.79 Å². The summed E-state index contributed by atoms with van der Waals surface area (Å²) in [6.45, 7) is 5.79. The van der Waals surface area contributed by atoms with Gasteiger partial charge in [-0.05, 0) is 32.4 Å². The third-order valence-electron chi connectivity index (χ3n) is 3.64. The highest BCUT2D eigenvalue weighted by atomic mass is 32.2. The number of fused-ring (bicyclic) bond motifs is 1. The minimum atomic E-state index is -0.165. The van der Waals surface area contributed by atoms with Crippen LogP contribution in [0.15, 0.2) is 35.4 Å². The number of aryl methyl sites for hydroxylation is 2. The Morgan fingerprint density at radius 1 is 1.41 bits per heavy atom. The predicted molar refractivity (Wildman–Crippen MR) is 90.5 cm³/mol. The fraction of sp³-hybridized carbons (Fsp3) is 0.375. The highest BCUT2D eigenvalue weighted by Crippen LogP contribution is 2.27. The molecule has 1 aliphatic heterocycles. The molecular formula is C16H20N4OS. The Hall–Kier alpha value is -1.95. The van der Waals surface area contributed by atoms with Crippen LogP contribution in [0.3, 0.4) is 0 Å². The summed E-state index contributed by atoms with van der Waals surface area (Å²) in [5.41, 5.74) is 1.99. The van der Waals surface area contributed by atoms with Gasteiger partial charge >= 0.3 is 0 Å². The number of carbonyl (C=O) groups excluding carboxylic acids is 1. The molecular weight excluding hydrogens is 296 g/mol. The highest BCUT2D eigenvalue weighted by molar-refractivity contribution is 8.00. The average molecular weight is 316 g/mol. The largest absolute Gasteiger partial charge is 0.368 e. The normalized spacial score (nSPS) is 14.8. The Bertz CT molecular complexity index is 665. The predicted octanol–water partition coefficient (Wildman–Crippen LogP) is 3.13. The first-order chi connectivity index (χ1) is 10.6. The molecule has 0 spiro atoms. The van der Waals surface area contributed by atoms with Gasteiger partial charge < -0.3 is 10.6 Å². The lowest BCUT2D eigenvalue weighted by Crippen LogP contribution is -2.24. The van der Waals surface area contributed by atoms with Crippen LogP contribution in [0.25, 0.3) is 0 Å². The molecule has 1 amide bonds. The quantitative estimate of drug-likeness (QED) is 0.851. The van der Waals surface area contributed by atoms with Gasteiger partial charge in [-0.1, -0.05) is 17.7 Å². The van der Waals surface area contributed by atoms with E-state index in [1.165, 1.54) is 5.56 Å². The number of nitrogens with zero attached hydrogens (tertiary/aromatic N) is 2. The highest BCUT2D eigenvalue weighted by Gasteiger charge is 2.19. The Morgan fingerprint density at radius 3 is 2.95 bits per heavy atom. The third kappa shape index (κ3) is 3.27. The molecule has 0 bridgehead atoms. The fourth-order valence-corrected chi connectivity index (χ4v) is 3.24. The number of amides is 1. The zero-order valence-corrected chi connectivity index (χ0v) is 13.6. The van der Waals surface area contributed by atoms with E-state index in [0.29, 0.717) is 0 Å². The lowest BCUT2D eigenvalue weighted by atomic mass is 10.2. The van der Waals surface area contributed by atoms with Crippen LogP contribution in [0.4, 0.5) is 11.5 Å². The maximum atomic E-state index is 12.4. The van der Waals surface area contributed by atoms with E-state index in [-0.39, 0.29) is 11.2 Å². The molecule has 2 heterocycles. The van der Waals surface area contributed by atoms with Gasteiger partial charge in [0.05, 0.1) is 11.4 Å². The van der Waals surface area contributed by atoms with E-state index in [1.807, 2.05) is 23.7 Å². The van der Waals surface area contributed by atoms with Crippen LogP contribution in [-0.4, -0.2) is 27.5 Å². The van der Waals surface area contributed by atoms with Crippen molar-refractivity contribution in [3.8, 4) is 0 Å². The summed E-state index contributed by atoms with van der Waals surface area (Å²) in [6, 6.07) is 8.22. The average Bonchev–Trinajstić information content (AvgIpc) is 2.93. The SMILES string of the molecule is Cc1ccc(SC(C)C(=O)Nc2cnn3c2NCCC3)cc1. The molecule has 0 fully saturated rings. The molecule has 3 rings (SSSR count). The molecule has 22 heavy (non-hydrogen) atoms. The van der Waals surface area contributed by atoms with Gasteiger partial charge in [0.25, 0.3) is 0 Å². The second kappa shape index (κ2) is 6.44. The molecule has 0 saturated heterocycles. The Morgan fingerprint density at radius 2 is 2.18 bits per heavy atom. The zero-order valence-electron chi connectivity index (χ0n) is 12.8. The number of anilines is 2. The van der Waals surface area contributed by atoms with Crippen LogP contribution in [0.1, 0.15) is 18.9 Å². The van der Waals surface area contributed by atoms with E-state index >= 15 is 0 Å². The van der Waals surface area contributed by atoms with E-state index < -0.39 is 0 Å². The van der Waals surface area contributed by atoms with Gasteiger partial charge in [0.15, 0.2) is 0 Å². The Kier molecular flexibility index (Phi) is 4.38. The number of hydrogen-bond acceptors (Lipinski definition) is 4. The van der Waals surface area contributed by atoms with Gasteiger partial charge in [-0.25, -0.2) is 4.68 Å². The molecule has 116 valence electrons. The van der Waals surface area contributed by atoms with Gasteiger partial charge in [0.2, 0.25) is 5.91 Å². The second-order valence-electron chi connectivity index (χ2n) is 5.47. The number of thioether (sulfide) groups is 1. The van der Waals surface area contributed by atoms with Crippen molar-refractivity contribution in [3.63, 3.8) is 0 Å². The monoisotopic (exact) mass is 316 g/mol. The molecule has 0 saturated carbocycles. The number of rotatable bonds is 4. The maximum absolute atomic E-state index is 12.4. The minimum Gasteiger partial charge on any atom is -0.368 e. The lowest BCUT2D eigenvalue weighted by molar-refractivity contribution is -0.115. The maximum Gasteiger partial charge on any atom is 0.237 e.